The molecule has 0 spiro atoms. The van der Waals surface area contributed by atoms with Crippen molar-refractivity contribution in [1.82, 2.24) is 0 Å². The molecule has 0 aliphatic heterocycles. The standard InChI is InChI=1S/C11H12O5/c1-6-3-8(10(13)11(14)15)7(5-12)4-9(6)16-2/h3-5,10,13H,1-2H3,(H,14,15). The van der Waals surface area contributed by atoms with Gasteiger partial charge in [-0.25, -0.2) is 4.79 Å². The Morgan fingerprint density at radius 1 is 1.50 bits per heavy atom. The van der Waals surface area contributed by atoms with Gasteiger partial charge in [-0.1, -0.05) is 0 Å². The Labute approximate surface area is 92.3 Å². The number of carbonyl (C=O) groups is 2. The van der Waals surface area contributed by atoms with Crippen molar-refractivity contribution in [3.63, 3.8) is 0 Å². The smallest absolute Gasteiger partial charge is 0.337 e. The van der Waals surface area contributed by atoms with Gasteiger partial charge in [-0.15, -0.1) is 0 Å². The van der Waals surface area contributed by atoms with E-state index in [9.17, 15) is 14.7 Å². The van der Waals surface area contributed by atoms with Crippen LogP contribution in [0.25, 0.3) is 0 Å². The number of methoxy groups -OCH3 is 1. The van der Waals surface area contributed by atoms with E-state index in [0.29, 0.717) is 17.6 Å². The second-order valence-corrected chi connectivity index (χ2v) is 3.31. The Kier molecular flexibility index (Phi) is 3.63. The predicted octanol–water partition coefficient (Wildman–Crippen LogP) is 0.934. The highest BCUT2D eigenvalue weighted by Gasteiger charge is 2.20. The van der Waals surface area contributed by atoms with Gasteiger partial charge in [0.2, 0.25) is 0 Å². The van der Waals surface area contributed by atoms with Gasteiger partial charge in [0, 0.05) is 11.1 Å². The highest BCUT2D eigenvalue weighted by molar-refractivity contribution is 5.84. The molecule has 5 nitrogen and oxygen atoms in total. The average molecular weight is 224 g/mol. The zero-order valence-electron chi connectivity index (χ0n) is 8.93. The van der Waals surface area contributed by atoms with Gasteiger partial charge in [-0.2, -0.15) is 0 Å². The van der Waals surface area contributed by atoms with Crippen molar-refractivity contribution in [2.75, 3.05) is 7.11 Å². The van der Waals surface area contributed by atoms with Crippen molar-refractivity contribution in [2.45, 2.75) is 13.0 Å². The maximum absolute atomic E-state index is 10.8. The van der Waals surface area contributed by atoms with Crippen molar-refractivity contribution in [2.24, 2.45) is 0 Å². The summed E-state index contributed by atoms with van der Waals surface area (Å²) in [6.07, 6.45) is -1.21. The molecule has 0 heterocycles. The van der Waals surface area contributed by atoms with E-state index >= 15 is 0 Å². The molecule has 1 aromatic rings. The Balaban J connectivity index is 3.33. The number of aliphatic hydroxyl groups excluding tert-OH is 1. The molecular weight excluding hydrogens is 212 g/mol. The van der Waals surface area contributed by atoms with Crippen LogP contribution in [-0.2, 0) is 4.79 Å². The van der Waals surface area contributed by atoms with Crippen LogP contribution in [0.15, 0.2) is 12.1 Å². The molecule has 86 valence electrons. The molecule has 5 heteroatoms. The number of aldehydes is 1. The van der Waals surface area contributed by atoms with Gasteiger partial charge in [0.05, 0.1) is 7.11 Å². The topological polar surface area (TPSA) is 83.8 Å². The van der Waals surface area contributed by atoms with Crippen LogP contribution in [0.1, 0.15) is 27.6 Å². The summed E-state index contributed by atoms with van der Waals surface area (Å²) in [6.45, 7) is 1.70. The minimum Gasteiger partial charge on any atom is -0.496 e. The van der Waals surface area contributed by atoms with Gasteiger partial charge in [-0.3, -0.25) is 4.79 Å². The van der Waals surface area contributed by atoms with Crippen LogP contribution < -0.4 is 4.74 Å². The number of hydrogen-bond donors (Lipinski definition) is 2. The van der Waals surface area contributed by atoms with Crippen LogP contribution in [0.2, 0.25) is 0 Å². The maximum Gasteiger partial charge on any atom is 0.337 e. The molecule has 1 atom stereocenters. The highest BCUT2D eigenvalue weighted by Crippen LogP contribution is 2.26. The van der Waals surface area contributed by atoms with E-state index in [1.165, 1.54) is 19.2 Å². The van der Waals surface area contributed by atoms with Crippen LogP contribution >= 0.6 is 0 Å². The highest BCUT2D eigenvalue weighted by atomic mass is 16.5. The lowest BCUT2D eigenvalue weighted by Crippen LogP contribution is -2.13. The summed E-state index contributed by atoms with van der Waals surface area (Å²) in [5, 5.41) is 18.1. The quantitative estimate of drug-likeness (QED) is 0.743. The number of hydrogen-bond acceptors (Lipinski definition) is 4. The first-order valence-corrected chi connectivity index (χ1v) is 4.55. The third-order valence-corrected chi connectivity index (χ3v) is 2.26. The number of aliphatic hydroxyl groups is 1. The van der Waals surface area contributed by atoms with E-state index in [1.54, 1.807) is 6.92 Å². The van der Waals surface area contributed by atoms with E-state index in [2.05, 4.69) is 0 Å². The van der Waals surface area contributed by atoms with Gasteiger partial charge in [0.15, 0.2) is 12.4 Å². The first-order valence-electron chi connectivity index (χ1n) is 4.55. The second-order valence-electron chi connectivity index (χ2n) is 3.31. The number of carboxylic acids is 1. The van der Waals surface area contributed by atoms with Crippen molar-refractivity contribution >= 4 is 12.3 Å². The van der Waals surface area contributed by atoms with E-state index in [1.807, 2.05) is 0 Å². The lowest BCUT2D eigenvalue weighted by Gasteiger charge is -2.12. The van der Waals surface area contributed by atoms with Gasteiger partial charge < -0.3 is 14.9 Å². The molecule has 0 aromatic heterocycles. The van der Waals surface area contributed by atoms with Crippen molar-refractivity contribution < 1.29 is 24.5 Å². The SMILES string of the molecule is COc1cc(C=O)c(C(O)C(=O)O)cc1C. The zero-order valence-corrected chi connectivity index (χ0v) is 8.93. The molecule has 0 amide bonds. The fourth-order valence-electron chi connectivity index (χ4n) is 1.42. The van der Waals surface area contributed by atoms with E-state index in [-0.39, 0.29) is 11.1 Å². The summed E-state index contributed by atoms with van der Waals surface area (Å²) in [6, 6.07) is 2.84. The predicted molar refractivity (Wildman–Crippen MR) is 55.7 cm³/mol. The molecular formula is C11H12O5. The Morgan fingerprint density at radius 3 is 2.56 bits per heavy atom. The number of carboxylic acid groups (broad SMARTS) is 1. The summed E-state index contributed by atoms with van der Waals surface area (Å²) in [5.41, 5.74) is 0.835. The normalized spacial score (nSPS) is 11.9. The first-order chi connectivity index (χ1) is 7.51. The van der Waals surface area contributed by atoms with Crippen molar-refractivity contribution in [3.8, 4) is 5.75 Å². The lowest BCUT2D eigenvalue weighted by molar-refractivity contribution is -0.146. The van der Waals surface area contributed by atoms with Gasteiger partial charge in [0.1, 0.15) is 5.75 Å². The minimum atomic E-state index is -1.70. The van der Waals surface area contributed by atoms with E-state index in [4.69, 9.17) is 9.84 Å². The molecule has 0 saturated heterocycles. The van der Waals surface area contributed by atoms with Crippen molar-refractivity contribution in [3.05, 3.63) is 28.8 Å². The Hall–Kier alpha value is -1.88. The van der Waals surface area contributed by atoms with Crippen LogP contribution in [0.3, 0.4) is 0 Å². The summed E-state index contributed by atoms with van der Waals surface area (Å²) >= 11 is 0. The molecule has 0 aliphatic carbocycles. The van der Waals surface area contributed by atoms with E-state index in [0.717, 1.165) is 0 Å². The number of benzene rings is 1. The first kappa shape index (κ1) is 12.2. The number of aliphatic carboxylic acids is 1. The molecule has 16 heavy (non-hydrogen) atoms. The second kappa shape index (κ2) is 4.76. The fourth-order valence-corrected chi connectivity index (χ4v) is 1.42. The molecule has 0 fully saturated rings. The summed E-state index contributed by atoms with van der Waals surface area (Å²) < 4.78 is 4.99. The van der Waals surface area contributed by atoms with Crippen LogP contribution in [0.4, 0.5) is 0 Å². The van der Waals surface area contributed by atoms with Crippen LogP contribution in [0, 0.1) is 6.92 Å². The van der Waals surface area contributed by atoms with E-state index < -0.39 is 12.1 Å². The third-order valence-electron chi connectivity index (χ3n) is 2.26. The largest absolute Gasteiger partial charge is 0.496 e. The fraction of sp³-hybridized carbons (Fsp3) is 0.273. The average Bonchev–Trinajstić information content (AvgIpc) is 2.27. The monoisotopic (exact) mass is 224 g/mol. The van der Waals surface area contributed by atoms with Gasteiger partial charge in [-0.05, 0) is 24.6 Å². The summed E-state index contributed by atoms with van der Waals surface area (Å²) in [4.78, 5) is 21.4. The molecule has 0 saturated carbocycles. The molecule has 1 aromatic carbocycles. The number of rotatable bonds is 4. The lowest BCUT2D eigenvalue weighted by atomic mass is 10.00. The minimum absolute atomic E-state index is 0.0702. The molecule has 0 bridgehead atoms. The molecule has 1 unspecified atom stereocenters. The zero-order chi connectivity index (χ0) is 12.3. The Morgan fingerprint density at radius 2 is 2.12 bits per heavy atom. The van der Waals surface area contributed by atoms with Crippen LogP contribution in [0.5, 0.6) is 5.75 Å². The number of carbonyl (C=O) groups excluding carboxylic acids is 1. The summed E-state index contributed by atoms with van der Waals surface area (Å²) in [7, 11) is 1.45. The summed E-state index contributed by atoms with van der Waals surface area (Å²) in [5.74, 6) is -0.920. The number of aryl methyl sites for hydroxylation is 1. The molecule has 0 radical (unpaired) electrons. The maximum atomic E-state index is 10.8. The van der Waals surface area contributed by atoms with Crippen molar-refractivity contribution in [1.29, 1.82) is 0 Å². The molecule has 1 rings (SSSR count). The Bertz CT molecular complexity index is 425. The van der Waals surface area contributed by atoms with Gasteiger partial charge >= 0.3 is 5.97 Å². The molecule has 2 N–H and O–H groups in total. The molecule has 0 aliphatic rings. The van der Waals surface area contributed by atoms with Crippen LogP contribution in [-0.4, -0.2) is 29.6 Å². The third kappa shape index (κ3) is 2.20. The van der Waals surface area contributed by atoms with Gasteiger partial charge in [0.25, 0.3) is 0 Å². The number of ether oxygens (including phenoxy) is 1.